The summed E-state index contributed by atoms with van der Waals surface area (Å²) in [5.74, 6) is 0.241. The second-order valence-corrected chi connectivity index (χ2v) is 6.20. The van der Waals surface area contributed by atoms with Gasteiger partial charge in [-0.05, 0) is 18.1 Å². The van der Waals surface area contributed by atoms with Gasteiger partial charge in [0.2, 0.25) is 5.88 Å². The molecule has 0 bridgehead atoms. The molecule has 1 N–H and O–H groups in total. The van der Waals surface area contributed by atoms with Crippen LogP contribution in [-0.4, -0.2) is 15.8 Å². The third-order valence-corrected chi connectivity index (χ3v) is 5.11. The van der Waals surface area contributed by atoms with Crippen molar-refractivity contribution in [2.75, 3.05) is 0 Å². The first-order valence-electron chi connectivity index (χ1n) is 6.85. The summed E-state index contributed by atoms with van der Waals surface area (Å²) in [6, 6.07) is 18.2. The number of hydrazone groups is 1. The molecule has 2 heterocycles. The SMILES string of the molecule is CC1=NN2C(O)=C(c3ccccc3)S[C@@H]2c2ccccc21. The van der Waals surface area contributed by atoms with Crippen molar-refractivity contribution in [3.8, 4) is 0 Å². The van der Waals surface area contributed by atoms with Crippen LogP contribution in [0.3, 0.4) is 0 Å². The van der Waals surface area contributed by atoms with E-state index in [0.717, 1.165) is 21.7 Å². The maximum absolute atomic E-state index is 10.6. The summed E-state index contributed by atoms with van der Waals surface area (Å²) >= 11 is 1.65. The lowest BCUT2D eigenvalue weighted by molar-refractivity contribution is 0.203. The molecule has 0 radical (unpaired) electrons. The Morgan fingerprint density at radius 3 is 2.57 bits per heavy atom. The van der Waals surface area contributed by atoms with E-state index in [4.69, 9.17) is 0 Å². The lowest BCUT2D eigenvalue weighted by Crippen LogP contribution is -2.24. The lowest BCUT2D eigenvalue weighted by atomic mass is 10.0. The van der Waals surface area contributed by atoms with E-state index in [9.17, 15) is 5.11 Å². The number of benzene rings is 2. The normalized spacial score (nSPS) is 20.1. The number of fused-ring (bicyclic) bond motifs is 3. The van der Waals surface area contributed by atoms with Crippen molar-refractivity contribution in [2.45, 2.75) is 12.3 Å². The Morgan fingerprint density at radius 2 is 1.76 bits per heavy atom. The van der Waals surface area contributed by atoms with Crippen molar-refractivity contribution in [1.82, 2.24) is 5.01 Å². The number of aliphatic hydroxyl groups is 1. The second-order valence-electron chi connectivity index (χ2n) is 5.11. The fourth-order valence-electron chi connectivity index (χ4n) is 2.77. The van der Waals surface area contributed by atoms with Crippen LogP contribution in [0, 0.1) is 0 Å². The van der Waals surface area contributed by atoms with Crippen molar-refractivity contribution in [1.29, 1.82) is 0 Å². The molecular formula is C17H14N2OS. The van der Waals surface area contributed by atoms with Crippen molar-refractivity contribution in [2.24, 2.45) is 5.10 Å². The molecule has 0 fully saturated rings. The molecule has 0 unspecified atom stereocenters. The van der Waals surface area contributed by atoms with E-state index in [1.54, 1.807) is 16.8 Å². The molecule has 1 atom stereocenters. The standard InChI is InChI=1S/C17H14N2OS/c1-11-13-9-5-6-10-14(13)17-19(18-11)16(20)15(21-17)12-7-3-2-4-8-12/h2-10,17,20H,1H3/t17-/m1/s1. The average Bonchev–Trinajstić information content (AvgIpc) is 2.86. The summed E-state index contributed by atoms with van der Waals surface area (Å²) in [7, 11) is 0. The van der Waals surface area contributed by atoms with E-state index in [2.05, 4.69) is 17.2 Å². The molecule has 4 rings (SSSR count). The first-order valence-corrected chi connectivity index (χ1v) is 7.73. The predicted molar refractivity (Wildman–Crippen MR) is 86.8 cm³/mol. The molecule has 2 aromatic rings. The van der Waals surface area contributed by atoms with Crippen molar-refractivity contribution < 1.29 is 5.11 Å². The van der Waals surface area contributed by atoms with Crippen molar-refractivity contribution >= 4 is 22.4 Å². The van der Waals surface area contributed by atoms with Gasteiger partial charge in [-0.25, -0.2) is 5.01 Å². The fraction of sp³-hybridized carbons (Fsp3) is 0.118. The summed E-state index contributed by atoms with van der Waals surface area (Å²) in [6.07, 6.45) is 0. The minimum atomic E-state index is 0.0140. The molecule has 0 aliphatic carbocycles. The Hall–Kier alpha value is -2.20. The molecule has 0 saturated carbocycles. The zero-order valence-corrected chi connectivity index (χ0v) is 12.3. The zero-order chi connectivity index (χ0) is 14.4. The molecule has 2 aliphatic heterocycles. The van der Waals surface area contributed by atoms with Gasteiger partial charge >= 0.3 is 0 Å². The number of aliphatic hydroxyl groups excluding tert-OH is 1. The highest BCUT2D eigenvalue weighted by Crippen LogP contribution is 2.53. The first-order chi connectivity index (χ1) is 10.3. The summed E-state index contributed by atoms with van der Waals surface area (Å²) in [5.41, 5.74) is 4.32. The van der Waals surface area contributed by atoms with Gasteiger partial charge in [0, 0.05) is 5.56 Å². The van der Waals surface area contributed by atoms with Gasteiger partial charge in [0.1, 0.15) is 5.37 Å². The summed E-state index contributed by atoms with van der Waals surface area (Å²) in [6.45, 7) is 1.98. The number of thioether (sulfide) groups is 1. The van der Waals surface area contributed by atoms with Gasteiger partial charge in [-0.2, -0.15) is 5.10 Å². The Labute approximate surface area is 127 Å². The minimum Gasteiger partial charge on any atom is -0.493 e. The summed E-state index contributed by atoms with van der Waals surface area (Å²) in [5, 5.41) is 16.9. The maximum atomic E-state index is 10.6. The molecule has 104 valence electrons. The van der Waals surface area contributed by atoms with Crippen LogP contribution in [0.2, 0.25) is 0 Å². The zero-order valence-electron chi connectivity index (χ0n) is 11.5. The molecule has 2 aliphatic rings. The summed E-state index contributed by atoms with van der Waals surface area (Å²) in [4.78, 5) is 0.883. The smallest absolute Gasteiger partial charge is 0.223 e. The van der Waals surface area contributed by atoms with Gasteiger partial charge in [-0.15, -0.1) is 0 Å². The number of hydrogen-bond acceptors (Lipinski definition) is 4. The predicted octanol–water partition coefficient (Wildman–Crippen LogP) is 4.36. The fourth-order valence-corrected chi connectivity index (χ4v) is 4.04. The van der Waals surface area contributed by atoms with E-state index >= 15 is 0 Å². The van der Waals surface area contributed by atoms with Crippen LogP contribution >= 0.6 is 11.8 Å². The summed E-state index contributed by atoms with van der Waals surface area (Å²) < 4.78 is 0. The van der Waals surface area contributed by atoms with Gasteiger partial charge in [0.15, 0.2) is 0 Å². The Morgan fingerprint density at radius 1 is 1.05 bits per heavy atom. The quantitative estimate of drug-likeness (QED) is 0.849. The monoisotopic (exact) mass is 294 g/mol. The average molecular weight is 294 g/mol. The first kappa shape index (κ1) is 12.5. The van der Waals surface area contributed by atoms with Gasteiger partial charge < -0.3 is 5.11 Å². The molecule has 0 amide bonds. The molecule has 0 saturated heterocycles. The van der Waals surface area contributed by atoms with E-state index in [1.165, 1.54) is 5.56 Å². The maximum Gasteiger partial charge on any atom is 0.223 e. The number of hydrogen-bond donors (Lipinski definition) is 1. The van der Waals surface area contributed by atoms with Crippen LogP contribution in [0.15, 0.2) is 65.6 Å². The lowest BCUT2D eigenvalue weighted by Gasteiger charge is -2.28. The molecule has 0 aromatic heterocycles. The van der Waals surface area contributed by atoms with E-state index in [0.29, 0.717) is 0 Å². The minimum absolute atomic E-state index is 0.0140. The van der Waals surface area contributed by atoms with Crippen LogP contribution in [0.1, 0.15) is 29.0 Å². The van der Waals surface area contributed by atoms with Crippen molar-refractivity contribution in [3.05, 3.63) is 77.2 Å². The molecule has 2 aromatic carbocycles. The molecular weight excluding hydrogens is 280 g/mol. The molecule has 3 nitrogen and oxygen atoms in total. The molecule has 21 heavy (non-hydrogen) atoms. The molecule has 4 heteroatoms. The van der Waals surface area contributed by atoms with E-state index in [1.807, 2.05) is 49.4 Å². The van der Waals surface area contributed by atoms with E-state index in [-0.39, 0.29) is 11.3 Å². The van der Waals surface area contributed by atoms with E-state index < -0.39 is 0 Å². The van der Waals surface area contributed by atoms with Crippen LogP contribution in [0.5, 0.6) is 0 Å². The van der Waals surface area contributed by atoms with Gasteiger partial charge in [-0.1, -0.05) is 66.4 Å². The Kier molecular flexibility index (Phi) is 2.79. The highest BCUT2D eigenvalue weighted by atomic mass is 32.2. The van der Waals surface area contributed by atoms with Crippen LogP contribution in [0.25, 0.3) is 4.91 Å². The Bertz CT molecular complexity index is 767. The second kappa shape index (κ2) is 4.67. The van der Waals surface area contributed by atoms with Crippen LogP contribution in [-0.2, 0) is 0 Å². The number of nitrogens with zero attached hydrogens (tertiary/aromatic N) is 2. The highest BCUT2D eigenvalue weighted by molar-refractivity contribution is 8.08. The van der Waals surface area contributed by atoms with Gasteiger partial charge in [-0.3, -0.25) is 0 Å². The van der Waals surface area contributed by atoms with Crippen LogP contribution in [0.4, 0.5) is 0 Å². The Balaban J connectivity index is 1.82. The topological polar surface area (TPSA) is 35.8 Å². The van der Waals surface area contributed by atoms with Gasteiger partial charge in [0.05, 0.1) is 10.6 Å². The third kappa shape index (κ3) is 1.87. The van der Waals surface area contributed by atoms with Crippen LogP contribution < -0.4 is 0 Å². The molecule has 0 spiro atoms. The largest absolute Gasteiger partial charge is 0.493 e. The van der Waals surface area contributed by atoms with Crippen molar-refractivity contribution in [3.63, 3.8) is 0 Å². The third-order valence-electron chi connectivity index (χ3n) is 3.78. The number of rotatable bonds is 1. The highest BCUT2D eigenvalue weighted by Gasteiger charge is 2.38. The van der Waals surface area contributed by atoms with Gasteiger partial charge in [0.25, 0.3) is 0 Å².